The van der Waals surface area contributed by atoms with Crippen LogP contribution in [0.1, 0.15) is 5.56 Å². The smallest absolute Gasteiger partial charge is 0.197 e. The van der Waals surface area contributed by atoms with Crippen molar-refractivity contribution in [2.75, 3.05) is 5.73 Å². The number of nitrogen functional groups attached to an aromatic ring is 1. The van der Waals surface area contributed by atoms with Crippen molar-refractivity contribution in [1.29, 1.82) is 0 Å². The summed E-state index contributed by atoms with van der Waals surface area (Å²) in [5, 5.41) is 0. The second-order valence-electron chi connectivity index (χ2n) is 2.29. The first kappa shape index (κ1) is 8.83. The van der Waals surface area contributed by atoms with Gasteiger partial charge in [0.25, 0.3) is 0 Å². The summed E-state index contributed by atoms with van der Waals surface area (Å²) < 4.78 is 50.1. The van der Waals surface area contributed by atoms with E-state index in [1.807, 2.05) is 0 Å². The van der Waals surface area contributed by atoms with E-state index in [0.29, 0.717) is 0 Å². The Morgan fingerprint density at radius 3 is 1.83 bits per heavy atom. The Bertz CT molecular complexity index is 230. The summed E-state index contributed by atoms with van der Waals surface area (Å²) in [4.78, 5) is 0. The molecule has 0 unspecified atom stereocenters. The maximum Gasteiger partial charge on any atom is 0.197 e. The van der Waals surface area contributed by atoms with Gasteiger partial charge in [-0.1, -0.05) is 0 Å². The summed E-state index contributed by atoms with van der Waals surface area (Å²) in [6.45, 7) is 0.976. The van der Waals surface area contributed by atoms with Crippen molar-refractivity contribution in [1.82, 2.24) is 0 Å². The monoisotopic (exact) mass is 179 g/mol. The number of nitrogens with two attached hydrogens (primary N) is 1. The fourth-order valence-electron chi connectivity index (χ4n) is 0.774. The summed E-state index contributed by atoms with van der Waals surface area (Å²) in [6, 6.07) is 0. The highest BCUT2D eigenvalue weighted by Gasteiger charge is 2.20. The van der Waals surface area contributed by atoms with E-state index in [2.05, 4.69) is 0 Å². The molecule has 1 nitrogen and oxygen atoms in total. The first-order valence-electron chi connectivity index (χ1n) is 3.04. The molecule has 1 aromatic carbocycles. The van der Waals surface area contributed by atoms with Crippen LogP contribution >= 0.6 is 0 Å². The zero-order valence-electron chi connectivity index (χ0n) is 6.09. The van der Waals surface area contributed by atoms with Crippen molar-refractivity contribution in [3.63, 3.8) is 0 Å². The van der Waals surface area contributed by atoms with Gasteiger partial charge >= 0.3 is 0 Å². The zero-order valence-corrected chi connectivity index (χ0v) is 6.09. The molecule has 0 heterocycles. The Balaban J connectivity index is 3.60. The van der Waals surface area contributed by atoms with Gasteiger partial charge in [-0.3, -0.25) is 0 Å². The fourth-order valence-corrected chi connectivity index (χ4v) is 0.774. The van der Waals surface area contributed by atoms with Gasteiger partial charge in [-0.2, -0.15) is 0 Å². The van der Waals surface area contributed by atoms with Gasteiger partial charge in [0.1, 0.15) is 5.69 Å². The van der Waals surface area contributed by atoms with Gasteiger partial charge in [-0.25, -0.2) is 17.6 Å². The van der Waals surface area contributed by atoms with Crippen LogP contribution < -0.4 is 5.73 Å². The average Bonchev–Trinajstić information content (AvgIpc) is 2.08. The van der Waals surface area contributed by atoms with Gasteiger partial charge in [0, 0.05) is 5.56 Å². The Hall–Kier alpha value is -1.26. The molecule has 5 heteroatoms. The molecule has 0 radical (unpaired) electrons. The van der Waals surface area contributed by atoms with Crippen molar-refractivity contribution < 1.29 is 17.6 Å². The van der Waals surface area contributed by atoms with E-state index in [1.54, 1.807) is 0 Å². The van der Waals surface area contributed by atoms with Crippen LogP contribution in [0.2, 0.25) is 0 Å². The van der Waals surface area contributed by atoms with Crippen molar-refractivity contribution >= 4 is 5.69 Å². The molecule has 0 saturated heterocycles. The SMILES string of the molecule is Cc1c(F)c(N)c(F)c(F)c1F. The number of halogens is 4. The number of rotatable bonds is 0. The summed E-state index contributed by atoms with van der Waals surface area (Å²) in [5.74, 6) is -6.23. The standard InChI is InChI=1S/C7H5F4N/c1-2-3(8)5(10)6(11)7(12)4(2)9/h12H2,1H3. The van der Waals surface area contributed by atoms with Crippen LogP contribution in [-0.2, 0) is 0 Å². The molecule has 2 N–H and O–H groups in total. The lowest BCUT2D eigenvalue weighted by Crippen LogP contribution is -2.05. The first-order chi connectivity index (χ1) is 5.46. The minimum Gasteiger partial charge on any atom is -0.394 e. The molecule has 0 saturated carbocycles. The highest BCUT2D eigenvalue weighted by molar-refractivity contribution is 5.45. The topological polar surface area (TPSA) is 26.0 Å². The third-order valence-electron chi connectivity index (χ3n) is 1.52. The predicted octanol–water partition coefficient (Wildman–Crippen LogP) is 2.13. The lowest BCUT2D eigenvalue weighted by molar-refractivity contribution is 0.432. The molecule has 66 valence electrons. The van der Waals surface area contributed by atoms with Crippen LogP contribution in [0.3, 0.4) is 0 Å². The van der Waals surface area contributed by atoms with Crippen LogP contribution in [0.15, 0.2) is 0 Å². The lowest BCUT2D eigenvalue weighted by atomic mass is 10.2. The molecule has 12 heavy (non-hydrogen) atoms. The van der Waals surface area contributed by atoms with Crippen molar-refractivity contribution in [2.24, 2.45) is 0 Å². The van der Waals surface area contributed by atoms with Crippen LogP contribution in [0.5, 0.6) is 0 Å². The largest absolute Gasteiger partial charge is 0.394 e. The minimum atomic E-state index is -1.74. The van der Waals surface area contributed by atoms with E-state index in [0.717, 1.165) is 6.92 Å². The number of anilines is 1. The van der Waals surface area contributed by atoms with Crippen LogP contribution in [0.4, 0.5) is 23.2 Å². The van der Waals surface area contributed by atoms with Crippen molar-refractivity contribution in [2.45, 2.75) is 6.92 Å². The molecule has 0 aliphatic carbocycles. The summed E-state index contributed by atoms with van der Waals surface area (Å²) in [6.07, 6.45) is 0. The molecule has 0 spiro atoms. The second kappa shape index (κ2) is 2.66. The Morgan fingerprint density at radius 1 is 0.833 bits per heavy atom. The van der Waals surface area contributed by atoms with Gasteiger partial charge < -0.3 is 5.73 Å². The molecule has 1 aromatic rings. The van der Waals surface area contributed by atoms with Crippen LogP contribution in [-0.4, -0.2) is 0 Å². The molecule has 0 amide bonds. The molecule has 0 aliphatic heterocycles. The molecule has 0 fully saturated rings. The normalized spacial score (nSPS) is 10.4. The molecule has 0 bridgehead atoms. The summed E-state index contributed by atoms with van der Waals surface area (Å²) >= 11 is 0. The van der Waals surface area contributed by atoms with Crippen LogP contribution in [0, 0.1) is 30.2 Å². The van der Waals surface area contributed by atoms with E-state index < -0.39 is 34.5 Å². The molecule has 0 aromatic heterocycles. The number of hydrogen-bond acceptors (Lipinski definition) is 1. The van der Waals surface area contributed by atoms with E-state index in [4.69, 9.17) is 5.73 Å². The quantitative estimate of drug-likeness (QED) is 0.281. The zero-order chi connectivity index (χ0) is 9.46. The minimum absolute atomic E-state index is 0.619. The van der Waals surface area contributed by atoms with Gasteiger partial charge in [-0.15, -0.1) is 0 Å². The maximum absolute atomic E-state index is 12.7. The fraction of sp³-hybridized carbons (Fsp3) is 0.143. The average molecular weight is 179 g/mol. The van der Waals surface area contributed by atoms with Crippen molar-refractivity contribution in [3.8, 4) is 0 Å². The highest BCUT2D eigenvalue weighted by Crippen LogP contribution is 2.24. The van der Waals surface area contributed by atoms with Gasteiger partial charge in [0.2, 0.25) is 0 Å². The summed E-state index contributed by atoms with van der Waals surface area (Å²) in [7, 11) is 0. The molecule has 1 rings (SSSR count). The van der Waals surface area contributed by atoms with Gasteiger partial charge in [-0.05, 0) is 6.92 Å². The highest BCUT2D eigenvalue weighted by atomic mass is 19.2. The molecule has 0 aliphatic rings. The van der Waals surface area contributed by atoms with E-state index in [1.165, 1.54) is 0 Å². The third-order valence-corrected chi connectivity index (χ3v) is 1.52. The molecular weight excluding hydrogens is 174 g/mol. The second-order valence-corrected chi connectivity index (χ2v) is 2.29. The van der Waals surface area contributed by atoms with Gasteiger partial charge in [0.15, 0.2) is 23.3 Å². The Kier molecular flexibility index (Phi) is 1.95. The molecular formula is C7H5F4N. The number of hydrogen-bond donors (Lipinski definition) is 1. The van der Waals surface area contributed by atoms with Crippen molar-refractivity contribution in [3.05, 3.63) is 28.8 Å². The van der Waals surface area contributed by atoms with E-state index >= 15 is 0 Å². The maximum atomic E-state index is 12.7. The molecule has 0 atom stereocenters. The first-order valence-corrected chi connectivity index (χ1v) is 3.04. The van der Waals surface area contributed by atoms with Crippen LogP contribution in [0.25, 0.3) is 0 Å². The number of benzene rings is 1. The third kappa shape index (κ3) is 1.01. The van der Waals surface area contributed by atoms with Gasteiger partial charge in [0.05, 0.1) is 0 Å². The Labute approximate surface area is 65.8 Å². The predicted molar refractivity (Wildman–Crippen MR) is 35.4 cm³/mol. The lowest BCUT2D eigenvalue weighted by Gasteiger charge is -2.04. The van der Waals surface area contributed by atoms with E-state index in [-0.39, 0.29) is 0 Å². The van der Waals surface area contributed by atoms with E-state index in [9.17, 15) is 17.6 Å². The Morgan fingerprint density at radius 2 is 1.33 bits per heavy atom. The summed E-state index contributed by atoms with van der Waals surface area (Å²) in [5.41, 5.74) is 3.18.